The zero-order valence-corrected chi connectivity index (χ0v) is 15.6. The minimum absolute atomic E-state index is 0.0234. The molecular formula is C21H15Cl2FN2O. The first-order chi connectivity index (χ1) is 13.0. The van der Waals surface area contributed by atoms with E-state index < -0.39 is 12.0 Å². The van der Waals surface area contributed by atoms with Gasteiger partial charge in [-0.1, -0.05) is 59.6 Å². The van der Waals surface area contributed by atoms with Crippen LogP contribution in [0.25, 0.3) is 0 Å². The molecule has 3 aromatic rings. The lowest BCUT2D eigenvalue weighted by Gasteiger charge is -2.27. The zero-order chi connectivity index (χ0) is 19.0. The quantitative estimate of drug-likeness (QED) is 0.591. The van der Waals surface area contributed by atoms with Gasteiger partial charge in [0.25, 0.3) is 5.91 Å². The van der Waals surface area contributed by atoms with Gasteiger partial charge in [0, 0.05) is 28.4 Å². The topological polar surface area (TPSA) is 32.3 Å². The van der Waals surface area contributed by atoms with Crippen molar-refractivity contribution in [2.24, 2.45) is 0 Å². The largest absolute Gasteiger partial charge is 0.361 e. The number of rotatable bonds is 4. The van der Waals surface area contributed by atoms with Crippen LogP contribution in [0, 0.1) is 5.82 Å². The van der Waals surface area contributed by atoms with Crippen molar-refractivity contribution in [2.75, 3.05) is 5.32 Å². The Kier molecular flexibility index (Phi) is 4.77. The molecule has 0 fully saturated rings. The number of hydrogen-bond acceptors (Lipinski definition) is 2. The Hall–Kier alpha value is -2.56. The molecule has 1 aliphatic heterocycles. The summed E-state index contributed by atoms with van der Waals surface area (Å²) in [5, 5.41) is 3.92. The van der Waals surface area contributed by atoms with Crippen molar-refractivity contribution < 1.29 is 9.18 Å². The molecule has 0 spiro atoms. The Morgan fingerprint density at radius 1 is 0.963 bits per heavy atom. The smallest absolute Gasteiger partial charge is 0.256 e. The van der Waals surface area contributed by atoms with Crippen molar-refractivity contribution in [1.82, 2.24) is 4.90 Å². The number of benzene rings is 3. The van der Waals surface area contributed by atoms with Gasteiger partial charge in [-0.25, -0.2) is 4.39 Å². The molecule has 3 nitrogen and oxygen atoms in total. The predicted molar refractivity (Wildman–Crippen MR) is 106 cm³/mol. The maximum Gasteiger partial charge on any atom is 0.256 e. The third kappa shape index (κ3) is 3.38. The van der Waals surface area contributed by atoms with Gasteiger partial charge in [0.15, 0.2) is 0 Å². The number of carbonyl (C=O) groups excluding carboxylic acids is 1. The van der Waals surface area contributed by atoms with Gasteiger partial charge in [-0.3, -0.25) is 4.79 Å². The summed E-state index contributed by atoms with van der Waals surface area (Å²) in [6.07, 6.45) is -0.411. The third-order valence-corrected chi connectivity index (χ3v) is 5.24. The second-order valence-corrected chi connectivity index (χ2v) is 7.10. The Morgan fingerprint density at radius 2 is 1.70 bits per heavy atom. The van der Waals surface area contributed by atoms with Gasteiger partial charge >= 0.3 is 0 Å². The molecule has 0 unspecified atom stereocenters. The van der Waals surface area contributed by atoms with Gasteiger partial charge in [-0.05, 0) is 35.9 Å². The van der Waals surface area contributed by atoms with Crippen LogP contribution in [-0.4, -0.2) is 10.8 Å². The molecule has 0 saturated heterocycles. The number of halogens is 3. The van der Waals surface area contributed by atoms with E-state index in [0.717, 1.165) is 11.1 Å². The van der Waals surface area contributed by atoms with Crippen molar-refractivity contribution >= 4 is 34.8 Å². The second-order valence-electron chi connectivity index (χ2n) is 6.29. The second kappa shape index (κ2) is 7.22. The standard InChI is InChI=1S/C21H15Cl2FN2O/c22-17-8-4-1-5-13(17)12-26-20(15-6-2-3-7-16(15)21(26)27)25-14-9-10-19(24)18(23)11-14/h1-11,20,25H,12H2/t20-/m1/s1. The SMILES string of the molecule is O=C1c2ccccc2[C@H](Nc2ccc(F)c(Cl)c2)N1Cc1ccccc1Cl. The highest BCUT2D eigenvalue weighted by Gasteiger charge is 2.36. The maximum atomic E-state index is 13.5. The van der Waals surface area contributed by atoms with Crippen molar-refractivity contribution in [3.05, 3.63) is 99.3 Å². The van der Waals surface area contributed by atoms with Crippen molar-refractivity contribution in [1.29, 1.82) is 0 Å². The predicted octanol–water partition coefficient (Wildman–Crippen LogP) is 5.90. The molecule has 0 aliphatic carbocycles. The first-order valence-electron chi connectivity index (χ1n) is 8.39. The van der Waals surface area contributed by atoms with E-state index in [2.05, 4.69) is 5.32 Å². The van der Waals surface area contributed by atoms with Crippen LogP contribution in [0.4, 0.5) is 10.1 Å². The van der Waals surface area contributed by atoms with Gasteiger partial charge in [-0.15, -0.1) is 0 Å². The Bertz CT molecular complexity index is 1020. The Morgan fingerprint density at radius 3 is 2.48 bits per heavy atom. The van der Waals surface area contributed by atoms with E-state index in [1.165, 1.54) is 12.1 Å². The summed E-state index contributed by atoms with van der Waals surface area (Å²) >= 11 is 12.2. The molecule has 3 aromatic carbocycles. The van der Waals surface area contributed by atoms with Crippen molar-refractivity contribution in [3.63, 3.8) is 0 Å². The molecule has 0 aromatic heterocycles. The molecule has 0 radical (unpaired) electrons. The fourth-order valence-corrected chi connectivity index (χ4v) is 3.62. The zero-order valence-electron chi connectivity index (χ0n) is 14.1. The van der Waals surface area contributed by atoms with Crippen LogP contribution in [-0.2, 0) is 6.54 Å². The van der Waals surface area contributed by atoms with Crippen LogP contribution in [0.1, 0.15) is 27.7 Å². The van der Waals surface area contributed by atoms with E-state index >= 15 is 0 Å². The molecule has 1 aliphatic rings. The summed E-state index contributed by atoms with van der Waals surface area (Å²) in [5.41, 5.74) is 2.97. The number of amides is 1. The fraction of sp³-hybridized carbons (Fsp3) is 0.0952. The molecule has 1 N–H and O–H groups in total. The minimum atomic E-state index is -0.488. The first-order valence-corrected chi connectivity index (χ1v) is 9.15. The maximum absolute atomic E-state index is 13.5. The Balaban J connectivity index is 1.71. The van der Waals surface area contributed by atoms with Gasteiger partial charge in [0.05, 0.1) is 5.02 Å². The summed E-state index contributed by atoms with van der Waals surface area (Å²) in [5.74, 6) is -0.575. The van der Waals surface area contributed by atoms with Gasteiger partial charge in [-0.2, -0.15) is 0 Å². The summed E-state index contributed by atoms with van der Waals surface area (Å²) in [4.78, 5) is 14.7. The van der Waals surface area contributed by atoms with Crippen LogP contribution in [0.3, 0.4) is 0 Å². The molecule has 4 rings (SSSR count). The van der Waals surface area contributed by atoms with Crippen LogP contribution in [0.5, 0.6) is 0 Å². The molecule has 1 atom stereocenters. The minimum Gasteiger partial charge on any atom is -0.361 e. The number of hydrogen-bond donors (Lipinski definition) is 1. The van der Waals surface area contributed by atoms with E-state index in [4.69, 9.17) is 23.2 Å². The van der Waals surface area contributed by atoms with Gasteiger partial charge in [0.1, 0.15) is 12.0 Å². The highest BCUT2D eigenvalue weighted by atomic mass is 35.5. The van der Waals surface area contributed by atoms with Crippen molar-refractivity contribution in [3.8, 4) is 0 Å². The molecule has 27 heavy (non-hydrogen) atoms. The summed E-state index contributed by atoms with van der Waals surface area (Å²) in [6.45, 7) is 0.347. The van der Waals surface area contributed by atoms with Gasteiger partial charge < -0.3 is 10.2 Å². The van der Waals surface area contributed by atoms with E-state index in [0.29, 0.717) is 22.8 Å². The highest BCUT2D eigenvalue weighted by molar-refractivity contribution is 6.31. The highest BCUT2D eigenvalue weighted by Crippen LogP contribution is 2.36. The molecular weight excluding hydrogens is 386 g/mol. The normalized spacial score (nSPS) is 15.7. The number of carbonyl (C=O) groups is 1. The van der Waals surface area contributed by atoms with E-state index in [9.17, 15) is 9.18 Å². The van der Waals surface area contributed by atoms with Crippen LogP contribution >= 0.6 is 23.2 Å². The lowest BCUT2D eigenvalue weighted by Crippen LogP contribution is -2.32. The molecule has 0 bridgehead atoms. The summed E-state index contributed by atoms with van der Waals surface area (Å²) < 4.78 is 13.5. The number of anilines is 1. The number of nitrogens with zero attached hydrogens (tertiary/aromatic N) is 1. The lowest BCUT2D eigenvalue weighted by molar-refractivity contribution is 0.0729. The van der Waals surface area contributed by atoms with E-state index in [1.807, 2.05) is 36.4 Å². The summed E-state index contributed by atoms with van der Waals surface area (Å²) in [6, 6.07) is 19.3. The van der Waals surface area contributed by atoms with Crippen LogP contribution < -0.4 is 5.32 Å². The Labute approximate surface area is 166 Å². The molecule has 136 valence electrons. The summed E-state index contributed by atoms with van der Waals surface area (Å²) in [7, 11) is 0. The van der Waals surface area contributed by atoms with Crippen LogP contribution in [0.15, 0.2) is 66.7 Å². The number of nitrogens with one attached hydrogen (secondary N) is 1. The molecule has 1 amide bonds. The van der Waals surface area contributed by atoms with E-state index in [1.54, 1.807) is 23.1 Å². The van der Waals surface area contributed by atoms with Gasteiger partial charge in [0.2, 0.25) is 0 Å². The fourth-order valence-electron chi connectivity index (χ4n) is 3.24. The van der Waals surface area contributed by atoms with Crippen LogP contribution in [0.2, 0.25) is 10.0 Å². The molecule has 1 heterocycles. The third-order valence-electron chi connectivity index (χ3n) is 4.58. The van der Waals surface area contributed by atoms with E-state index in [-0.39, 0.29) is 10.9 Å². The monoisotopic (exact) mass is 400 g/mol. The molecule has 6 heteroatoms. The average molecular weight is 401 g/mol. The van der Waals surface area contributed by atoms with Crippen molar-refractivity contribution in [2.45, 2.75) is 12.7 Å². The molecule has 0 saturated carbocycles. The first kappa shape index (κ1) is 17.8. The average Bonchev–Trinajstić information content (AvgIpc) is 2.92. The number of fused-ring (bicyclic) bond motifs is 1. The lowest BCUT2D eigenvalue weighted by atomic mass is 10.1.